The maximum Gasteiger partial charge on any atom is 0.255 e. The lowest BCUT2D eigenvalue weighted by atomic mass is 10.2. The van der Waals surface area contributed by atoms with Gasteiger partial charge in [-0.15, -0.1) is 0 Å². The van der Waals surface area contributed by atoms with Gasteiger partial charge < -0.3 is 5.73 Å². The summed E-state index contributed by atoms with van der Waals surface area (Å²) in [5.41, 5.74) is 6.09. The van der Waals surface area contributed by atoms with E-state index in [2.05, 4.69) is 11.7 Å². The van der Waals surface area contributed by atoms with Gasteiger partial charge in [-0.2, -0.15) is 7.33 Å². The lowest BCUT2D eigenvalue weighted by Gasteiger charge is -2.78. The average Bonchev–Trinajstić information content (AvgIpc) is 2.39. The summed E-state index contributed by atoms with van der Waals surface area (Å²) >= 11 is 4.25. The Bertz CT molecular complexity index is 318. The molecule has 0 unspecified atom stereocenters. The van der Waals surface area contributed by atoms with Crippen molar-refractivity contribution < 1.29 is 4.79 Å². The van der Waals surface area contributed by atoms with Crippen molar-refractivity contribution in [2.45, 2.75) is 38.5 Å². The fourth-order valence-corrected chi connectivity index (χ4v) is 26.4. The first-order valence-corrected chi connectivity index (χ1v) is 14.7. The molecule has 0 bridgehead atoms. The van der Waals surface area contributed by atoms with E-state index < -0.39 is 7.33 Å². The third-order valence-electron chi connectivity index (χ3n) is 4.99. The third-order valence-corrected chi connectivity index (χ3v) is 25.4. The quantitative estimate of drug-likeness (QED) is 0.552. The Morgan fingerprint density at radius 3 is 1.72 bits per heavy atom. The minimum Gasteiger partial charge on any atom is -0.362 e. The lowest BCUT2D eigenvalue weighted by molar-refractivity contribution is 0.265. The minimum absolute atomic E-state index is 0.0642. The minimum atomic E-state index is -2.76. The predicted octanol–water partition coefficient (Wildman–Crippen LogP) is 5.10. The summed E-state index contributed by atoms with van der Waals surface area (Å²) in [7, 11) is 2.27. The van der Waals surface area contributed by atoms with Crippen LogP contribution < -0.4 is 5.73 Å². The molecule has 0 atom stereocenters. The van der Waals surface area contributed by atoms with Gasteiger partial charge in [0.15, 0.2) is 0 Å². The number of amides is 1. The van der Waals surface area contributed by atoms with E-state index in [1.54, 1.807) is 9.83 Å². The molecule has 7 heteroatoms. The monoisotopic (exact) mass is 345 g/mol. The van der Waals surface area contributed by atoms with Crippen LogP contribution in [0.15, 0.2) is 0 Å². The van der Waals surface area contributed by atoms with E-state index in [1.165, 1.54) is 48.4 Å². The van der Waals surface area contributed by atoms with Gasteiger partial charge in [-0.1, -0.05) is 24.5 Å². The van der Waals surface area contributed by atoms with Crippen molar-refractivity contribution in [3.8, 4) is 0 Å². The lowest BCUT2D eigenvalue weighted by Crippen LogP contribution is -2.55. The Morgan fingerprint density at radius 1 is 0.944 bits per heavy atom. The fourth-order valence-electron chi connectivity index (χ4n) is 3.80. The van der Waals surface area contributed by atoms with E-state index in [9.17, 15) is 4.79 Å². The normalized spacial score (nSPS) is 32.7. The molecule has 0 aromatic carbocycles. The molecule has 108 valence electrons. The molecule has 0 aliphatic carbocycles. The van der Waals surface area contributed by atoms with Crippen molar-refractivity contribution in [2.75, 3.05) is 23.0 Å². The van der Waals surface area contributed by atoms with Crippen molar-refractivity contribution in [3.63, 3.8) is 0 Å². The van der Waals surface area contributed by atoms with Crippen LogP contribution in [0, 0.1) is 0 Å². The summed E-state index contributed by atoms with van der Waals surface area (Å²) in [5.74, 6) is 4.34. The number of nitrogens with two attached hydrogens (primary N) is 1. The average molecular weight is 346 g/mol. The molecule has 0 aromatic heterocycles. The first kappa shape index (κ1) is 15.6. The topological polar surface area (TPSA) is 43.1 Å². The van der Waals surface area contributed by atoms with Gasteiger partial charge in [-0.25, -0.2) is 0 Å². The Balaban J connectivity index is 2.49. The van der Waals surface area contributed by atoms with Crippen molar-refractivity contribution in [2.24, 2.45) is 5.73 Å². The summed E-state index contributed by atoms with van der Waals surface area (Å²) < 4.78 is 0. The van der Waals surface area contributed by atoms with E-state index in [0.717, 1.165) is 23.0 Å². The van der Waals surface area contributed by atoms with E-state index in [1.807, 2.05) is 9.83 Å². The number of thiol groups is 1. The number of hydrogen-bond donors (Lipinski definition) is 2. The van der Waals surface area contributed by atoms with E-state index in [0.29, 0.717) is 0 Å². The molecule has 2 N–H and O–H groups in total. The van der Waals surface area contributed by atoms with Gasteiger partial charge in [-0.3, -0.25) is 4.79 Å². The smallest absolute Gasteiger partial charge is 0.255 e. The highest BCUT2D eigenvalue weighted by Gasteiger charge is 2.66. The second-order valence-electron chi connectivity index (χ2n) is 5.82. The molecule has 0 radical (unpaired) electrons. The Hall–Kier alpha value is 1.22. The molecule has 1 amide bonds. The molecule has 2 rings (SSSR count). The summed E-state index contributed by atoms with van der Waals surface area (Å²) in [6.07, 6.45) is 7.30. The zero-order valence-corrected chi connectivity index (χ0v) is 14.8. The largest absolute Gasteiger partial charge is 0.362 e. The van der Waals surface area contributed by atoms with Gasteiger partial charge in [0.2, 0.25) is 0 Å². The number of rotatable bonds is 3. The van der Waals surface area contributed by atoms with Crippen molar-refractivity contribution in [1.82, 2.24) is 0 Å². The van der Waals surface area contributed by atoms with Crippen LogP contribution in [0.4, 0.5) is 4.79 Å². The van der Waals surface area contributed by atoms with Crippen LogP contribution in [0.2, 0.25) is 0 Å². The van der Waals surface area contributed by atoms with Crippen LogP contribution in [-0.2, 0) is 0 Å². The molecule has 0 aromatic rings. The molecular formula is C11H23NOS5. The van der Waals surface area contributed by atoms with Gasteiger partial charge >= 0.3 is 0 Å². The first-order valence-electron chi connectivity index (χ1n) is 6.53. The Morgan fingerprint density at radius 2 is 1.39 bits per heavy atom. The van der Waals surface area contributed by atoms with Gasteiger partial charge in [0, 0.05) is 0 Å². The van der Waals surface area contributed by atoms with Gasteiger partial charge in [-0.05, 0) is 78.2 Å². The first-order chi connectivity index (χ1) is 8.54. The van der Waals surface area contributed by atoms with E-state index in [4.69, 9.17) is 5.73 Å². The molecule has 0 saturated carbocycles. The van der Waals surface area contributed by atoms with Crippen molar-refractivity contribution in [3.05, 3.63) is 0 Å². The number of carbonyl (C=O) groups is 1. The summed E-state index contributed by atoms with van der Waals surface area (Å²) in [5, 5.41) is 0.0642. The predicted molar refractivity (Wildman–Crippen MR) is 96.1 cm³/mol. The fraction of sp³-hybridized carbons (Fsp3) is 0.909. The van der Waals surface area contributed by atoms with Crippen LogP contribution in [-0.4, -0.2) is 28.3 Å². The molecular weight excluding hydrogens is 322 g/mol. The zero-order chi connectivity index (χ0) is 13.2. The summed E-state index contributed by atoms with van der Waals surface area (Å²) in [6, 6.07) is 0. The standard InChI is InChI=1S/C11H23NOS5/c12-11(13)18(17-16-15-14,7-3-1-4-8-18)9-5-2-6-10-18/h14H,1-10H2,(H2,12,13). The summed E-state index contributed by atoms with van der Waals surface area (Å²) in [6.45, 7) is 0. The van der Waals surface area contributed by atoms with Crippen LogP contribution in [0.1, 0.15) is 38.5 Å². The van der Waals surface area contributed by atoms with Crippen molar-refractivity contribution >= 4 is 53.7 Å². The maximum absolute atomic E-state index is 12.7. The van der Waals surface area contributed by atoms with Crippen molar-refractivity contribution in [1.29, 1.82) is 0 Å². The van der Waals surface area contributed by atoms with Gasteiger partial charge in [0.1, 0.15) is 0 Å². The third kappa shape index (κ3) is 2.12. The van der Waals surface area contributed by atoms with Crippen LogP contribution in [0.25, 0.3) is 0 Å². The number of primary amides is 1. The zero-order valence-electron chi connectivity index (χ0n) is 10.6. The Labute approximate surface area is 125 Å². The SMILES string of the molecule is NC(=O)S12(SSSS)(CCCCC1)CCCCC2. The van der Waals surface area contributed by atoms with Gasteiger partial charge in [0.05, 0.1) is 0 Å². The maximum atomic E-state index is 12.7. The second kappa shape index (κ2) is 5.20. The highest BCUT2D eigenvalue weighted by atomic mass is 33.8. The highest BCUT2D eigenvalue weighted by molar-refractivity contribution is 9.46. The molecule has 2 saturated heterocycles. The molecule has 2 heterocycles. The highest BCUT2D eigenvalue weighted by Crippen LogP contribution is 3.01. The number of carbonyl (C=O) groups excluding carboxylic acids is 1. The van der Waals surface area contributed by atoms with E-state index in [-0.39, 0.29) is 5.24 Å². The van der Waals surface area contributed by atoms with E-state index >= 15 is 0 Å². The Kier molecular flexibility index (Phi) is 4.51. The summed E-state index contributed by atoms with van der Waals surface area (Å²) in [4.78, 5) is 12.7. The van der Waals surface area contributed by atoms with Crippen LogP contribution in [0.3, 0.4) is 0 Å². The molecule has 2 nitrogen and oxygen atoms in total. The van der Waals surface area contributed by atoms with Crippen LogP contribution >= 0.6 is 48.5 Å². The van der Waals surface area contributed by atoms with Crippen LogP contribution in [0.5, 0.6) is 0 Å². The molecule has 18 heavy (non-hydrogen) atoms. The number of hydrogen-bond acceptors (Lipinski definition) is 5. The molecule has 2 aliphatic rings. The molecule has 2 aliphatic heterocycles. The van der Waals surface area contributed by atoms with Gasteiger partial charge in [0.25, 0.3) is 5.24 Å². The molecule has 2 fully saturated rings. The second-order valence-corrected chi connectivity index (χ2v) is 21.4. The molecule has 1 spiro atoms.